The first-order chi connectivity index (χ1) is 11.2. The second-order valence-corrected chi connectivity index (χ2v) is 5.76. The molecule has 0 aliphatic carbocycles. The highest BCUT2D eigenvalue weighted by Crippen LogP contribution is 2.28. The maximum atomic E-state index is 12.1. The van der Waals surface area contributed by atoms with E-state index in [1.807, 2.05) is 42.5 Å². The third kappa shape index (κ3) is 4.24. The van der Waals surface area contributed by atoms with Gasteiger partial charge in [-0.05, 0) is 29.3 Å². The molecule has 2 aromatic rings. The number of morpholine rings is 1. The van der Waals surface area contributed by atoms with Crippen molar-refractivity contribution in [3.63, 3.8) is 0 Å². The monoisotopic (exact) mass is 331 g/mol. The van der Waals surface area contributed by atoms with Gasteiger partial charge in [-0.1, -0.05) is 41.9 Å². The third-order valence-electron chi connectivity index (χ3n) is 3.70. The molecule has 1 saturated heterocycles. The number of rotatable bonds is 4. The smallest absolute Gasteiger partial charge is 0.260 e. The van der Waals surface area contributed by atoms with Gasteiger partial charge in [-0.2, -0.15) is 0 Å². The molecule has 0 unspecified atom stereocenters. The zero-order valence-corrected chi connectivity index (χ0v) is 13.5. The molecule has 0 radical (unpaired) electrons. The molecule has 1 aliphatic heterocycles. The van der Waals surface area contributed by atoms with E-state index in [0.717, 1.165) is 11.1 Å². The number of halogens is 1. The number of amides is 1. The minimum atomic E-state index is -0.0328. The summed E-state index contributed by atoms with van der Waals surface area (Å²) in [5, 5.41) is 0.583. The summed E-state index contributed by atoms with van der Waals surface area (Å²) in [6, 6.07) is 15.4. The molecule has 1 amide bonds. The lowest BCUT2D eigenvalue weighted by Gasteiger charge is -2.26. The lowest BCUT2D eigenvalue weighted by Crippen LogP contribution is -2.42. The van der Waals surface area contributed by atoms with Crippen molar-refractivity contribution >= 4 is 17.5 Å². The Labute approximate surface area is 140 Å². The number of carbonyl (C=O) groups is 1. The van der Waals surface area contributed by atoms with E-state index in [0.29, 0.717) is 37.1 Å². The van der Waals surface area contributed by atoms with E-state index in [-0.39, 0.29) is 12.5 Å². The second-order valence-electron chi connectivity index (χ2n) is 5.32. The fraction of sp³-hybridized carbons (Fsp3) is 0.278. The summed E-state index contributed by atoms with van der Waals surface area (Å²) in [6.45, 7) is 2.41. The Bertz CT molecular complexity index is 669. The van der Waals surface area contributed by atoms with Crippen LogP contribution in [0.25, 0.3) is 11.1 Å². The Hall–Kier alpha value is -2.04. The predicted molar refractivity (Wildman–Crippen MR) is 89.8 cm³/mol. The quantitative estimate of drug-likeness (QED) is 0.863. The second kappa shape index (κ2) is 7.49. The summed E-state index contributed by atoms with van der Waals surface area (Å²) in [5.41, 5.74) is 2.02. The van der Waals surface area contributed by atoms with E-state index in [9.17, 15) is 4.79 Å². The lowest BCUT2D eigenvalue weighted by atomic mass is 10.1. The SMILES string of the molecule is O=C(COc1cc(Cl)cc(-c2ccccc2)c1)N1CCOCC1. The topological polar surface area (TPSA) is 38.8 Å². The van der Waals surface area contributed by atoms with Crippen molar-refractivity contribution in [2.45, 2.75) is 0 Å². The molecule has 0 bridgehead atoms. The number of ether oxygens (including phenoxy) is 2. The zero-order valence-electron chi connectivity index (χ0n) is 12.7. The molecule has 3 rings (SSSR count). The molecule has 1 aliphatic rings. The van der Waals surface area contributed by atoms with Crippen LogP contribution in [0.15, 0.2) is 48.5 Å². The number of nitrogens with zero attached hydrogens (tertiary/aromatic N) is 1. The maximum Gasteiger partial charge on any atom is 0.260 e. The minimum absolute atomic E-state index is 0.00850. The highest BCUT2D eigenvalue weighted by Gasteiger charge is 2.17. The molecule has 5 heteroatoms. The Morgan fingerprint density at radius 3 is 2.57 bits per heavy atom. The van der Waals surface area contributed by atoms with Crippen LogP contribution in [0.2, 0.25) is 5.02 Å². The molecule has 1 heterocycles. The van der Waals surface area contributed by atoms with Crippen LogP contribution in [0.1, 0.15) is 0 Å². The highest BCUT2D eigenvalue weighted by atomic mass is 35.5. The van der Waals surface area contributed by atoms with E-state index >= 15 is 0 Å². The van der Waals surface area contributed by atoms with Crippen molar-refractivity contribution < 1.29 is 14.3 Å². The van der Waals surface area contributed by atoms with Crippen LogP contribution in [0.4, 0.5) is 0 Å². The Kier molecular flexibility index (Phi) is 5.16. The first-order valence-corrected chi connectivity index (χ1v) is 7.94. The normalized spacial score (nSPS) is 14.6. The van der Waals surface area contributed by atoms with Gasteiger partial charge in [0.15, 0.2) is 6.61 Å². The Morgan fingerprint density at radius 1 is 1.09 bits per heavy atom. The standard InChI is InChI=1S/C18H18ClNO3/c19-16-10-15(14-4-2-1-3-5-14)11-17(12-16)23-13-18(21)20-6-8-22-9-7-20/h1-5,10-12H,6-9,13H2. The van der Waals surface area contributed by atoms with Crippen LogP contribution < -0.4 is 4.74 Å². The van der Waals surface area contributed by atoms with Gasteiger partial charge in [-0.3, -0.25) is 4.79 Å². The van der Waals surface area contributed by atoms with Crippen molar-refractivity contribution in [2.24, 2.45) is 0 Å². The van der Waals surface area contributed by atoms with Crippen molar-refractivity contribution in [1.29, 1.82) is 0 Å². The molecular formula is C18H18ClNO3. The van der Waals surface area contributed by atoms with Crippen LogP contribution in [0, 0.1) is 0 Å². The molecule has 0 spiro atoms. The maximum absolute atomic E-state index is 12.1. The molecule has 120 valence electrons. The van der Waals surface area contributed by atoms with Gasteiger partial charge >= 0.3 is 0 Å². The average molecular weight is 332 g/mol. The minimum Gasteiger partial charge on any atom is -0.484 e. The van der Waals surface area contributed by atoms with Gasteiger partial charge < -0.3 is 14.4 Å². The molecule has 1 fully saturated rings. The Morgan fingerprint density at radius 2 is 1.83 bits per heavy atom. The highest BCUT2D eigenvalue weighted by molar-refractivity contribution is 6.31. The van der Waals surface area contributed by atoms with Gasteiger partial charge in [-0.25, -0.2) is 0 Å². The van der Waals surface area contributed by atoms with E-state index in [1.54, 1.807) is 11.0 Å². The van der Waals surface area contributed by atoms with Crippen molar-refractivity contribution in [1.82, 2.24) is 4.90 Å². The average Bonchev–Trinajstić information content (AvgIpc) is 2.61. The third-order valence-corrected chi connectivity index (χ3v) is 3.92. The van der Waals surface area contributed by atoms with Crippen molar-refractivity contribution in [2.75, 3.05) is 32.9 Å². The first kappa shape index (κ1) is 15.8. The van der Waals surface area contributed by atoms with Crippen LogP contribution >= 0.6 is 11.6 Å². The largest absolute Gasteiger partial charge is 0.484 e. The molecule has 4 nitrogen and oxygen atoms in total. The fourth-order valence-electron chi connectivity index (χ4n) is 2.49. The summed E-state index contributed by atoms with van der Waals surface area (Å²) in [7, 11) is 0. The van der Waals surface area contributed by atoms with Gasteiger partial charge in [-0.15, -0.1) is 0 Å². The molecule has 0 aromatic heterocycles. The van der Waals surface area contributed by atoms with Gasteiger partial charge in [0.25, 0.3) is 5.91 Å². The first-order valence-electron chi connectivity index (χ1n) is 7.57. The van der Waals surface area contributed by atoms with Gasteiger partial charge in [0.1, 0.15) is 5.75 Å². The molecular weight excluding hydrogens is 314 g/mol. The lowest BCUT2D eigenvalue weighted by molar-refractivity contribution is -0.137. The van der Waals surface area contributed by atoms with Crippen LogP contribution in [0.3, 0.4) is 0 Å². The van der Waals surface area contributed by atoms with Gasteiger partial charge in [0.05, 0.1) is 13.2 Å². The molecule has 0 N–H and O–H groups in total. The summed E-state index contributed by atoms with van der Waals surface area (Å²) in [4.78, 5) is 13.9. The van der Waals surface area contributed by atoms with Crippen molar-refractivity contribution in [3.8, 4) is 16.9 Å². The number of hydrogen-bond acceptors (Lipinski definition) is 3. The molecule has 0 atom stereocenters. The van der Waals surface area contributed by atoms with E-state index in [1.165, 1.54) is 0 Å². The fourth-order valence-corrected chi connectivity index (χ4v) is 2.72. The molecule has 2 aromatic carbocycles. The van der Waals surface area contributed by atoms with Crippen LogP contribution in [0.5, 0.6) is 5.75 Å². The van der Waals surface area contributed by atoms with Crippen molar-refractivity contribution in [3.05, 3.63) is 53.6 Å². The van der Waals surface area contributed by atoms with Crippen LogP contribution in [-0.2, 0) is 9.53 Å². The summed E-state index contributed by atoms with van der Waals surface area (Å²) < 4.78 is 10.9. The summed E-state index contributed by atoms with van der Waals surface area (Å²) in [5.74, 6) is 0.562. The number of benzene rings is 2. The predicted octanol–water partition coefficient (Wildman–Crippen LogP) is 3.24. The zero-order chi connectivity index (χ0) is 16.1. The Balaban J connectivity index is 1.68. The summed E-state index contributed by atoms with van der Waals surface area (Å²) >= 11 is 6.17. The van der Waals surface area contributed by atoms with E-state index in [2.05, 4.69) is 0 Å². The number of hydrogen-bond donors (Lipinski definition) is 0. The molecule has 0 saturated carbocycles. The van der Waals surface area contributed by atoms with E-state index in [4.69, 9.17) is 21.1 Å². The van der Waals surface area contributed by atoms with Gasteiger partial charge in [0, 0.05) is 18.1 Å². The van der Waals surface area contributed by atoms with Crippen LogP contribution in [-0.4, -0.2) is 43.7 Å². The van der Waals surface area contributed by atoms with Gasteiger partial charge in [0.2, 0.25) is 0 Å². The molecule has 23 heavy (non-hydrogen) atoms. The van der Waals surface area contributed by atoms with E-state index < -0.39 is 0 Å². The summed E-state index contributed by atoms with van der Waals surface area (Å²) in [6.07, 6.45) is 0. The number of carbonyl (C=O) groups excluding carboxylic acids is 1.